The maximum absolute atomic E-state index is 13.6. The normalized spacial score (nSPS) is 11.4. The van der Waals surface area contributed by atoms with Crippen molar-refractivity contribution in [2.45, 2.75) is 6.18 Å². The molecular weight excluding hydrogens is 363 g/mol. The lowest BCUT2D eigenvalue weighted by molar-refractivity contribution is -0.137. The Morgan fingerprint density at radius 3 is 1.86 bits per heavy atom. The van der Waals surface area contributed by atoms with Crippen molar-refractivity contribution in [1.29, 1.82) is 0 Å². The maximum Gasteiger partial charge on any atom is 0.417 e. The van der Waals surface area contributed by atoms with Crippen molar-refractivity contribution in [2.75, 3.05) is 0 Å². The van der Waals surface area contributed by atoms with Crippen LogP contribution in [0.25, 0.3) is 33.8 Å². The van der Waals surface area contributed by atoms with Gasteiger partial charge in [-0.05, 0) is 47.5 Å². The topological polar surface area (TPSA) is 38.7 Å². The van der Waals surface area contributed by atoms with E-state index < -0.39 is 11.7 Å². The van der Waals surface area contributed by atoms with Crippen LogP contribution in [0.1, 0.15) is 5.56 Å². The molecule has 138 valence electrons. The lowest BCUT2D eigenvalue weighted by atomic mass is 9.93. The summed E-state index contributed by atoms with van der Waals surface area (Å²) in [5, 5.41) is 0. The van der Waals surface area contributed by atoms with Gasteiger partial charge in [-0.25, -0.2) is 0 Å². The molecule has 0 bridgehead atoms. The van der Waals surface area contributed by atoms with Gasteiger partial charge in [-0.3, -0.25) is 15.0 Å². The fourth-order valence-electron chi connectivity index (χ4n) is 3.02. The van der Waals surface area contributed by atoms with E-state index in [4.69, 9.17) is 0 Å². The molecule has 28 heavy (non-hydrogen) atoms. The molecule has 3 heterocycles. The van der Waals surface area contributed by atoms with Crippen molar-refractivity contribution in [2.24, 2.45) is 0 Å². The van der Waals surface area contributed by atoms with Crippen LogP contribution in [0.2, 0.25) is 0 Å². The van der Waals surface area contributed by atoms with Gasteiger partial charge in [0.2, 0.25) is 0 Å². The van der Waals surface area contributed by atoms with E-state index >= 15 is 0 Å². The molecule has 0 radical (unpaired) electrons. The number of nitrogens with zero attached hydrogens (tertiary/aromatic N) is 3. The summed E-state index contributed by atoms with van der Waals surface area (Å²) in [6.07, 6.45) is 0.287. The molecule has 4 rings (SSSR count). The Morgan fingerprint density at radius 2 is 1.21 bits per heavy atom. The van der Waals surface area contributed by atoms with Crippen molar-refractivity contribution in [3.05, 3.63) is 90.9 Å². The number of aromatic nitrogens is 3. The number of benzene rings is 1. The van der Waals surface area contributed by atoms with Gasteiger partial charge in [-0.1, -0.05) is 30.3 Å². The largest absolute Gasteiger partial charge is 0.417 e. The molecule has 0 unspecified atom stereocenters. The Labute approximate surface area is 159 Å². The van der Waals surface area contributed by atoms with Gasteiger partial charge in [0.25, 0.3) is 0 Å². The van der Waals surface area contributed by atoms with E-state index in [0.717, 1.165) is 6.07 Å². The zero-order valence-electron chi connectivity index (χ0n) is 14.6. The molecule has 0 saturated carbocycles. The number of halogens is 3. The maximum atomic E-state index is 13.6. The fraction of sp³-hybridized carbons (Fsp3) is 0.0455. The predicted octanol–water partition coefficient (Wildman–Crippen LogP) is 5.89. The smallest absolute Gasteiger partial charge is 0.256 e. The molecule has 0 spiro atoms. The Balaban J connectivity index is 1.99. The molecule has 3 aromatic heterocycles. The summed E-state index contributed by atoms with van der Waals surface area (Å²) in [7, 11) is 0. The molecule has 0 aliphatic heterocycles. The number of alkyl halides is 3. The Morgan fingerprint density at radius 1 is 0.571 bits per heavy atom. The van der Waals surface area contributed by atoms with E-state index in [1.165, 1.54) is 12.1 Å². The second-order valence-corrected chi connectivity index (χ2v) is 6.09. The zero-order chi connectivity index (χ0) is 19.6. The molecule has 6 heteroatoms. The van der Waals surface area contributed by atoms with Crippen LogP contribution in [0.3, 0.4) is 0 Å². The standard InChI is InChI=1S/C22H14F3N3/c23-22(24,25)18-8-2-1-7-15(18)16-13-21(20-10-4-6-12-27-20)28-14-17(16)19-9-3-5-11-26-19/h1-14H. The van der Waals surface area contributed by atoms with Gasteiger partial charge in [-0.2, -0.15) is 13.2 Å². The first-order valence-electron chi connectivity index (χ1n) is 8.53. The minimum atomic E-state index is -4.48. The molecule has 0 amide bonds. The minimum absolute atomic E-state index is 0.0789. The number of pyridine rings is 3. The van der Waals surface area contributed by atoms with Gasteiger partial charge in [0.15, 0.2) is 0 Å². The van der Waals surface area contributed by atoms with Crippen molar-refractivity contribution in [1.82, 2.24) is 15.0 Å². The van der Waals surface area contributed by atoms with E-state index in [1.807, 2.05) is 0 Å². The van der Waals surface area contributed by atoms with Gasteiger partial charge in [0, 0.05) is 24.2 Å². The van der Waals surface area contributed by atoms with Crippen LogP contribution in [0.5, 0.6) is 0 Å². The van der Waals surface area contributed by atoms with E-state index in [2.05, 4.69) is 15.0 Å². The van der Waals surface area contributed by atoms with E-state index in [-0.39, 0.29) is 5.56 Å². The molecule has 0 fully saturated rings. The molecule has 3 nitrogen and oxygen atoms in total. The monoisotopic (exact) mass is 377 g/mol. The Hall–Kier alpha value is -3.54. The summed E-state index contributed by atoms with van der Waals surface area (Å²) in [5.41, 5.74) is 1.93. The Kier molecular flexibility index (Phi) is 4.61. The van der Waals surface area contributed by atoms with E-state index in [1.54, 1.807) is 67.1 Å². The quantitative estimate of drug-likeness (QED) is 0.447. The van der Waals surface area contributed by atoms with Crippen LogP contribution in [0.15, 0.2) is 85.3 Å². The second kappa shape index (κ2) is 7.23. The fourth-order valence-corrected chi connectivity index (χ4v) is 3.02. The Bertz CT molecular complexity index is 1090. The molecular formula is C22H14F3N3. The average Bonchev–Trinajstić information content (AvgIpc) is 2.74. The van der Waals surface area contributed by atoms with Gasteiger partial charge in [0.05, 0.1) is 22.6 Å². The van der Waals surface area contributed by atoms with Gasteiger partial charge in [-0.15, -0.1) is 0 Å². The number of hydrogen-bond acceptors (Lipinski definition) is 3. The van der Waals surface area contributed by atoms with E-state index in [0.29, 0.717) is 28.2 Å². The third-order valence-electron chi connectivity index (χ3n) is 4.29. The second-order valence-electron chi connectivity index (χ2n) is 6.09. The van der Waals surface area contributed by atoms with Gasteiger partial charge in [0.1, 0.15) is 0 Å². The van der Waals surface area contributed by atoms with Crippen molar-refractivity contribution >= 4 is 0 Å². The van der Waals surface area contributed by atoms with Gasteiger partial charge >= 0.3 is 6.18 Å². The van der Waals surface area contributed by atoms with Crippen LogP contribution in [0, 0.1) is 0 Å². The highest BCUT2D eigenvalue weighted by molar-refractivity contribution is 5.85. The number of hydrogen-bond donors (Lipinski definition) is 0. The lowest BCUT2D eigenvalue weighted by Gasteiger charge is -2.16. The summed E-state index contributed by atoms with van der Waals surface area (Å²) >= 11 is 0. The van der Waals surface area contributed by atoms with Gasteiger partial charge < -0.3 is 0 Å². The summed E-state index contributed by atoms with van der Waals surface area (Å²) in [4.78, 5) is 13.0. The zero-order valence-corrected chi connectivity index (χ0v) is 14.6. The molecule has 0 aliphatic rings. The van der Waals surface area contributed by atoms with E-state index in [9.17, 15) is 13.2 Å². The van der Waals surface area contributed by atoms with Crippen molar-refractivity contribution in [3.8, 4) is 33.8 Å². The molecule has 0 saturated heterocycles. The first-order chi connectivity index (χ1) is 13.5. The molecule has 0 N–H and O–H groups in total. The SMILES string of the molecule is FC(F)(F)c1ccccc1-c1cc(-c2ccccn2)ncc1-c1ccccn1. The molecule has 4 aromatic rings. The first-order valence-corrected chi connectivity index (χ1v) is 8.53. The minimum Gasteiger partial charge on any atom is -0.256 e. The predicted molar refractivity (Wildman–Crippen MR) is 101 cm³/mol. The highest BCUT2D eigenvalue weighted by Crippen LogP contribution is 2.41. The lowest BCUT2D eigenvalue weighted by Crippen LogP contribution is -2.07. The van der Waals surface area contributed by atoms with Crippen LogP contribution in [0.4, 0.5) is 13.2 Å². The summed E-state index contributed by atoms with van der Waals surface area (Å²) in [5.74, 6) is 0. The average molecular weight is 377 g/mol. The van der Waals surface area contributed by atoms with Crippen LogP contribution in [-0.2, 0) is 6.18 Å². The van der Waals surface area contributed by atoms with Crippen molar-refractivity contribution < 1.29 is 13.2 Å². The molecule has 0 atom stereocenters. The highest BCUT2D eigenvalue weighted by atomic mass is 19.4. The molecule has 1 aromatic carbocycles. The first kappa shape index (κ1) is 17.9. The van der Waals surface area contributed by atoms with Crippen LogP contribution < -0.4 is 0 Å². The van der Waals surface area contributed by atoms with Crippen LogP contribution in [-0.4, -0.2) is 15.0 Å². The summed E-state index contributed by atoms with van der Waals surface area (Å²) in [6.45, 7) is 0. The summed E-state index contributed by atoms with van der Waals surface area (Å²) in [6, 6.07) is 17.8. The third kappa shape index (κ3) is 3.49. The molecule has 0 aliphatic carbocycles. The number of rotatable bonds is 3. The highest BCUT2D eigenvalue weighted by Gasteiger charge is 2.34. The summed E-state index contributed by atoms with van der Waals surface area (Å²) < 4.78 is 40.9. The third-order valence-corrected chi connectivity index (χ3v) is 4.29. The van der Waals surface area contributed by atoms with Crippen LogP contribution >= 0.6 is 0 Å². The van der Waals surface area contributed by atoms with Crippen molar-refractivity contribution in [3.63, 3.8) is 0 Å².